The Kier molecular flexibility index (Phi) is 3.05. The summed E-state index contributed by atoms with van der Waals surface area (Å²) < 4.78 is 0. The first kappa shape index (κ1) is 12.2. The van der Waals surface area contributed by atoms with Gasteiger partial charge in [0.25, 0.3) is 5.91 Å². The minimum atomic E-state index is -0.271. The molecule has 3 aromatic rings. The van der Waals surface area contributed by atoms with Crippen LogP contribution in [0, 0.1) is 0 Å². The molecule has 1 amide bonds. The molecule has 0 unspecified atom stereocenters. The number of anilines is 2. The maximum atomic E-state index is 12.1. The number of nitrogens with one attached hydrogen (secondary N) is 1. The molecule has 3 rings (SSSR count). The predicted molar refractivity (Wildman–Crippen MR) is 80.6 cm³/mol. The van der Waals surface area contributed by atoms with Gasteiger partial charge in [0, 0.05) is 5.69 Å². The number of amides is 1. The van der Waals surface area contributed by atoms with Crippen LogP contribution >= 0.6 is 0 Å². The zero-order valence-corrected chi connectivity index (χ0v) is 10.7. The van der Waals surface area contributed by atoms with Crippen molar-refractivity contribution in [2.75, 3.05) is 11.1 Å². The Hall–Kier alpha value is -2.88. The molecule has 0 aliphatic carbocycles. The van der Waals surface area contributed by atoms with Gasteiger partial charge >= 0.3 is 0 Å². The van der Waals surface area contributed by atoms with Crippen molar-refractivity contribution in [1.82, 2.24) is 4.98 Å². The van der Waals surface area contributed by atoms with Gasteiger partial charge in [-0.1, -0.05) is 36.4 Å². The number of nitrogen functional groups attached to an aromatic ring is 1. The summed E-state index contributed by atoms with van der Waals surface area (Å²) >= 11 is 0. The van der Waals surface area contributed by atoms with Gasteiger partial charge in [0.05, 0.1) is 0 Å². The van der Waals surface area contributed by atoms with E-state index in [2.05, 4.69) is 10.3 Å². The molecule has 0 spiro atoms. The summed E-state index contributed by atoms with van der Waals surface area (Å²) in [6.45, 7) is 0. The van der Waals surface area contributed by atoms with Crippen LogP contribution in [0.5, 0.6) is 0 Å². The Labute approximate surface area is 116 Å². The third-order valence-corrected chi connectivity index (χ3v) is 3.01. The molecule has 0 fully saturated rings. The van der Waals surface area contributed by atoms with Gasteiger partial charge < -0.3 is 11.1 Å². The molecular weight excluding hydrogens is 250 g/mol. The van der Waals surface area contributed by atoms with Crippen LogP contribution in [-0.4, -0.2) is 10.9 Å². The van der Waals surface area contributed by atoms with E-state index in [0.717, 1.165) is 16.5 Å². The second-order valence-corrected chi connectivity index (χ2v) is 4.46. The van der Waals surface area contributed by atoms with E-state index in [1.54, 1.807) is 18.2 Å². The molecule has 0 radical (unpaired) electrons. The van der Waals surface area contributed by atoms with E-state index in [1.807, 2.05) is 42.5 Å². The van der Waals surface area contributed by atoms with Crippen LogP contribution < -0.4 is 11.1 Å². The zero-order chi connectivity index (χ0) is 13.9. The fourth-order valence-electron chi connectivity index (χ4n) is 2.04. The van der Waals surface area contributed by atoms with Gasteiger partial charge in [-0.3, -0.25) is 4.79 Å². The van der Waals surface area contributed by atoms with Crippen LogP contribution in [0.2, 0.25) is 0 Å². The number of carbonyl (C=O) groups excluding carboxylic acids is 1. The first-order chi connectivity index (χ1) is 9.72. The maximum absolute atomic E-state index is 12.1. The van der Waals surface area contributed by atoms with Gasteiger partial charge in [0.15, 0.2) is 0 Å². The SMILES string of the molecule is Nc1cccc(C(=O)Nc2ccc3ccccc3c2)n1. The Balaban J connectivity index is 1.87. The number of hydrogen-bond acceptors (Lipinski definition) is 3. The number of rotatable bonds is 2. The summed E-state index contributed by atoms with van der Waals surface area (Å²) in [6.07, 6.45) is 0. The smallest absolute Gasteiger partial charge is 0.274 e. The fourth-order valence-corrected chi connectivity index (χ4v) is 2.04. The molecule has 4 heteroatoms. The van der Waals surface area contributed by atoms with Crippen LogP contribution in [0.1, 0.15) is 10.5 Å². The van der Waals surface area contributed by atoms with Crippen LogP contribution in [-0.2, 0) is 0 Å². The van der Waals surface area contributed by atoms with Crippen molar-refractivity contribution in [3.05, 3.63) is 66.4 Å². The molecule has 20 heavy (non-hydrogen) atoms. The van der Waals surface area contributed by atoms with Gasteiger partial charge in [0.2, 0.25) is 0 Å². The molecule has 0 aliphatic rings. The lowest BCUT2D eigenvalue weighted by Gasteiger charge is -2.06. The lowest BCUT2D eigenvalue weighted by Crippen LogP contribution is -2.14. The number of fused-ring (bicyclic) bond motifs is 1. The Morgan fingerprint density at radius 1 is 0.950 bits per heavy atom. The fraction of sp³-hybridized carbons (Fsp3) is 0. The van der Waals surface area contributed by atoms with Crippen molar-refractivity contribution >= 4 is 28.2 Å². The highest BCUT2D eigenvalue weighted by Gasteiger charge is 2.08. The largest absolute Gasteiger partial charge is 0.384 e. The molecule has 0 aliphatic heterocycles. The van der Waals surface area contributed by atoms with E-state index < -0.39 is 0 Å². The van der Waals surface area contributed by atoms with Crippen molar-refractivity contribution in [2.45, 2.75) is 0 Å². The first-order valence-electron chi connectivity index (χ1n) is 6.25. The third-order valence-electron chi connectivity index (χ3n) is 3.01. The van der Waals surface area contributed by atoms with Crippen LogP contribution in [0.25, 0.3) is 10.8 Å². The number of nitrogens with two attached hydrogens (primary N) is 1. The van der Waals surface area contributed by atoms with E-state index in [0.29, 0.717) is 11.5 Å². The molecular formula is C16H13N3O. The first-order valence-corrected chi connectivity index (χ1v) is 6.25. The second kappa shape index (κ2) is 5.01. The molecule has 2 aromatic carbocycles. The predicted octanol–water partition coefficient (Wildman–Crippen LogP) is 3.07. The van der Waals surface area contributed by atoms with E-state index in [1.165, 1.54) is 0 Å². The third kappa shape index (κ3) is 2.44. The number of nitrogens with zero attached hydrogens (tertiary/aromatic N) is 1. The van der Waals surface area contributed by atoms with Crippen LogP contribution in [0.15, 0.2) is 60.7 Å². The van der Waals surface area contributed by atoms with E-state index >= 15 is 0 Å². The van der Waals surface area contributed by atoms with E-state index in [9.17, 15) is 4.79 Å². The summed E-state index contributed by atoms with van der Waals surface area (Å²) in [5.41, 5.74) is 6.61. The Morgan fingerprint density at radius 2 is 1.75 bits per heavy atom. The number of benzene rings is 2. The Bertz CT molecular complexity index is 783. The van der Waals surface area contributed by atoms with Crippen molar-refractivity contribution in [1.29, 1.82) is 0 Å². The Morgan fingerprint density at radius 3 is 2.55 bits per heavy atom. The molecule has 0 bridgehead atoms. The molecule has 1 aromatic heterocycles. The summed E-state index contributed by atoms with van der Waals surface area (Å²) in [7, 11) is 0. The lowest BCUT2D eigenvalue weighted by molar-refractivity contribution is 0.102. The molecule has 0 saturated carbocycles. The minimum absolute atomic E-state index is 0.271. The van der Waals surface area contributed by atoms with Gasteiger partial charge in [0.1, 0.15) is 11.5 Å². The second-order valence-electron chi connectivity index (χ2n) is 4.46. The van der Waals surface area contributed by atoms with Gasteiger partial charge in [-0.05, 0) is 35.0 Å². The standard InChI is InChI=1S/C16H13N3O/c17-15-7-3-6-14(19-15)16(20)18-13-9-8-11-4-1-2-5-12(11)10-13/h1-10H,(H2,17,19)(H,18,20). The molecule has 4 nitrogen and oxygen atoms in total. The number of carbonyl (C=O) groups is 1. The lowest BCUT2D eigenvalue weighted by atomic mass is 10.1. The molecule has 0 saturated heterocycles. The highest BCUT2D eigenvalue weighted by molar-refractivity contribution is 6.04. The number of aromatic nitrogens is 1. The van der Waals surface area contributed by atoms with Gasteiger partial charge in [-0.25, -0.2) is 4.98 Å². The van der Waals surface area contributed by atoms with E-state index in [-0.39, 0.29) is 5.91 Å². The summed E-state index contributed by atoms with van der Waals surface area (Å²) in [4.78, 5) is 16.1. The van der Waals surface area contributed by atoms with Gasteiger partial charge in [-0.15, -0.1) is 0 Å². The average molecular weight is 263 g/mol. The van der Waals surface area contributed by atoms with Gasteiger partial charge in [-0.2, -0.15) is 0 Å². The molecule has 0 atom stereocenters. The summed E-state index contributed by atoms with van der Waals surface area (Å²) in [5, 5.41) is 5.03. The summed E-state index contributed by atoms with van der Waals surface area (Å²) in [5.74, 6) is 0.0590. The van der Waals surface area contributed by atoms with Crippen molar-refractivity contribution < 1.29 is 4.79 Å². The monoisotopic (exact) mass is 263 g/mol. The van der Waals surface area contributed by atoms with Crippen LogP contribution in [0.4, 0.5) is 11.5 Å². The normalized spacial score (nSPS) is 10.4. The van der Waals surface area contributed by atoms with Crippen molar-refractivity contribution in [3.8, 4) is 0 Å². The quantitative estimate of drug-likeness (QED) is 0.746. The topological polar surface area (TPSA) is 68.0 Å². The molecule has 3 N–H and O–H groups in total. The highest BCUT2D eigenvalue weighted by atomic mass is 16.1. The van der Waals surface area contributed by atoms with E-state index in [4.69, 9.17) is 5.73 Å². The maximum Gasteiger partial charge on any atom is 0.274 e. The van der Waals surface area contributed by atoms with Crippen LogP contribution in [0.3, 0.4) is 0 Å². The minimum Gasteiger partial charge on any atom is -0.384 e. The average Bonchev–Trinajstić information content (AvgIpc) is 2.47. The van der Waals surface area contributed by atoms with Crippen molar-refractivity contribution in [2.24, 2.45) is 0 Å². The van der Waals surface area contributed by atoms with Crippen molar-refractivity contribution in [3.63, 3.8) is 0 Å². The molecule has 1 heterocycles. The summed E-state index contributed by atoms with van der Waals surface area (Å²) in [6, 6.07) is 18.7. The number of pyridine rings is 1. The number of hydrogen-bond donors (Lipinski definition) is 2. The molecule has 98 valence electrons. The highest BCUT2D eigenvalue weighted by Crippen LogP contribution is 2.19. The zero-order valence-electron chi connectivity index (χ0n) is 10.7.